The van der Waals surface area contributed by atoms with E-state index in [0.29, 0.717) is 36.6 Å². The number of benzene rings is 2. The molecule has 0 radical (unpaired) electrons. The number of carbonyl (C=O) groups excluding carboxylic acids is 1. The lowest BCUT2D eigenvalue weighted by atomic mass is 10.0. The number of likely N-dealkylation sites (tertiary alicyclic amines) is 1. The molecule has 1 unspecified atom stereocenters. The number of amides is 1. The molecule has 2 aromatic carbocycles. The van der Waals surface area contributed by atoms with Crippen LogP contribution in [0.4, 0.5) is 0 Å². The topological polar surface area (TPSA) is 57.7 Å². The van der Waals surface area contributed by atoms with Gasteiger partial charge < -0.3 is 4.90 Å². The maximum atomic E-state index is 13.2. The summed E-state index contributed by atoms with van der Waals surface area (Å²) in [5.41, 5.74) is 1.43. The Morgan fingerprint density at radius 2 is 1.86 bits per heavy atom. The summed E-state index contributed by atoms with van der Waals surface area (Å²) in [6, 6.07) is 14.1. The van der Waals surface area contributed by atoms with Gasteiger partial charge >= 0.3 is 0 Å². The summed E-state index contributed by atoms with van der Waals surface area (Å²) in [7, 11) is -3.60. The summed E-state index contributed by atoms with van der Waals surface area (Å²) in [5, 5.41) is 0.708. The molecule has 0 aliphatic carbocycles. The molecular weight excluding hydrogens is 408 g/mol. The van der Waals surface area contributed by atoms with E-state index in [4.69, 9.17) is 11.6 Å². The van der Waals surface area contributed by atoms with E-state index in [1.54, 1.807) is 32.0 Å². The van der Waals surface area contributed by atoms with Crippen LogP contribution in [0, 0.1) is 0 Å². The maximum Gasteiger partial charge on any atom is 0.254 e. The molecule has 29 heavy (non-hydrogen) atoms. The van der Waals surface area contributed by atoms with Gasteiger partial charge in [0.2, 0.25) is 10.0 Å². The van der Waals surface area contributed by atoms with Gasteiger partial charge in [0.25, 0.3) is 5.91 Å². The molecule has 3 rings (SSSR count). The Bertz CT molecular complexity index is 974. The zero-order valence-corrected chi connectivity index (χ0v) is 18.4. The van der Waals surface area contributed by atoms with E-state index in [2.05, 4.69) is 0 Å². The van der Waals surface area contributed by atoms with Crippen LogP contribution in [0.1, 0.15) is 42.6 Å². The summed E-state index contributed by atoms with van der Waals surface area (Å²) in [6.45, 7) is 5.06. The van der Waals surface area contributed by atoms with E-state index in [-0.39, 0.29) is 16.8 Å². The number of nitrogens with zero attached hydrogens (tertiary/aromatic N) is 2. The minimum absolute atomic E-state index is 0.0606. The Labute approximate surface area is 178 Å². The third-order valence-corrected chi connectivity index (χ3v) is 7.89. The van der Waals surface area contributed by atoms with Gasteiger partial charge in [-0.25, -0.2) is 8.42 Å². The summed E-state index contributed by atoms with van der Waals surface area (Å²) >= 11 is 6.30. The third-order valence-electron chi connectivity index (χ3n) is 5.48. The summed E-state index contributed by atoms with van der Waals surface area (Å²) in [5.74, 6) is -0.129. The van der Waals surface area contributed by atoms with Gasteiger partial charge in [-0.05, 0) is 49.1 Å². The molecule has 1 aliphatic rings. The first-order valence-electron chi connectivity index (χ1n) is 10.0. The van der Waals surface area contributed by atoms with Gasteiger partial charge in [0.15, 0.2) is 0 Å². The van der Waals surface area contributed by atoms with Crippen molar-refractivity contribution in [2.24, 2.45) is 0 Å². The number of halogens is 1. The van der Waals surface area contributed by atoms with Crippen LogP contribution < -0.4 is 0 Å². The van der Waals surface area contributed by atoms with Gasteiger partial charge in [0.1, 0.15) is 0 Å². The van der Waals surface area contributed by atoms with Crippen LogP contribution in [0.2, 0.25) is 5.02 Å². The van der Waals surface area contributed by atoms with Crippen LogP contribution in [0.3, 0.4) is 0 Å². The molecule has 156 valence electrons. The molecular formula is C22H27ClN2O3S. The quantitative estimate of drug-likeness (QED) is 0.655. The number of hydrogen-bond acceptors (Lipinski definition) is 3. The zero-order valence-electron chi connectivity index (χ0n) is 16.8. The van der Waals surface area contributed by atoms with Crippen molar-refractivity contribution in [3.05, 3.63) is 64.7 Å². The number of carbonyl (C=O) groups is 1. The fourth-order valence-electron chi connectivity index (χ4n) is 3.90. The first kappa shape index (κ1) is 21.8. The second-order valence-corrected chi connectivity index (χ2v) is 9.55. The molecule has 1 atom stereocenters. The van der Waals surface area contributed by atoms with Crippen LogP contribution in [0.25, 0.3) is 0 Å². The van der Waals surface area contributed by atoms with E-state index in [9.17, 15) is 13.2 Å². The van der Waals surface area contributed by atoms with Gasteiger partial charge in [-0.15, -0.1) is 0 Å². The Balaban J connectivity index is 1.84. The molecule has 0 saturated carbocycles. The highest BCUT2D eigenvalue weighted by atomic mass is 35.5. The summed E-state index contributed by atoms with van der Waals surface area (Å²) in [4.78, 5) is 15.2. The molecule has 1 amide bonds. The standard InChI is InChI=1S/C22H27ClN2O3S/c1-3-24(4-2)29(27,28)20-12-7-10-18(16-20)22(26)25-14-8-11-19(25)15-17-9-5-6-13-21(17)23/h5-7,9-10,12-13,16,19H,3-4,8,11,14-15H2,1-2H3. The minimum Gasteiger partial charge on any atom is -0.335 e. The number of hydrogen-bond donors (Lipinski definition) is 0. The van der Waals surface area contributed by atoms with Crippen LogP contribution in [0.15, 0.2) is 53.4 Å². The van der Waals surface area contributed by atoms with E-state index in [0.717, 1.165) is 18.4 Å². The lowest BCUT2D eigenvalue weighted by molar-refractivity contribution is 0.0736. The molecule has 2 aromatic rings. The van der Waals surface area contributed by atoms with Gasteiger partial charge in [-0.2, -0.15) is 4.31 Å². The van der Waals surface area contributed by atoms with Crippen molar-refractivity contribution in [3.8, 4) is 0 Å². The fourth-order valence-corrected chi connectivity index (χ4v) is 5.62. The van der Waals surface area contributed by atoms with E-state index in [1.165, 1.54) is 10.4 Å². The van der Waals surface area contributed by atoms with Gasteiger partial charge in [0, 0.05) is 36.3 Å². The monoisotopic (exact) mass is 434 g/mol. The Morgan fingerprint density at radius 3 is 2.55 bits per heavy atom. The number of sulfonamides is 1. The molecule has 0 bridgehead atoms. The smallest absolute Gasteiger partial charge is 0.254 e. The van der Waals surface area contributed by atoms with Gasteiger partial charge in [0.05, 0.1) is 4.90 Å². The molecule has 1 aliphatic heterocycles. The summed E-state index contributed by atoms with van der Waals surface area (Å²) < 4.78 is 27.0. The molecule has 1 fully saturated rings. The van der Waals surface area contributed by atoms with Crippen LogP contribution >= 0.6 is 11.6 Å². The SMILES string of the molecule is CCN(CC)S(=O)(=O)c1cccc(C(=O)N2CCCC2Cc2ccccc2Cl)c1. The zero-order chi connectivity index (χ0) is 21.0. The minimum atomic E-state index is -3.60. The average Bonchev–Trinajstić information content (AvgIpc) is 3.18. The fraction of sp³-hybridized carbons (Fsp3) is 0.409. The Hall–Kier alpha value is -1.89. The van der Waals surface area contributed by atoms with E-state index < -0.39 is 10.0 Å². The molecule has 5 nitrogen and oxygen atoms in total. The van der Waals surface area contributed by atoms with Crippen molar-refractivity contribution in [1.82, 2.24) is 9.21 Å². The average molecular weight is 435 g/mol. The Morgan fingerprint density at radius 1 is 1.14 bits per heavy atom. The predicted molar refractivity (Wildman–Crippen MR) is 116 cm³/mol. The number of rotatable bonds is 7. The largest absolute Gasteiger partial charge is 0.335 e. The van der Waals surface area contributed by atoms with Crippen LogP contribution in [-0.4, -0.2) is 49.2 Å². The Kier molecular flexibility index (Phi) is 6.98. The van der Waals surface area contributed by atoms with Crippen molar-refractivity contribution in [1.29, 1.82) is 0 Å². The van der Waals surface area contributed by atoms with Crippen LogP contribution in [-0.2, 0) is 16.4 Å². The predicted octanol–water partition coefficient (Wildman–Crippen LogP) is 4.22. The maximum absolute atomic E-state index is 13.2. The third kappa shape index (κ3) is 4.65. The van der Waals surface area contributed by atoms with Crippen molar-refractivity contribution >= 4 is 27.5 Å². The van der Waals surface area contributed by atoms with Crippen molar-refractivity contribution in [2.75, 3.05) is 19.6 Å². The lowest BCUT2D eigenvalue weighted by Gasteiger charge is -2.26. The first-order chi connectivity index (χ1) is 13.9. The molecule has 1 heterocycles. The molecule has 7 heteroatoms. The molecule has 0 spiro atoms. The molecule has 0 aromatic heterocycles. The summed E-state index contributed by atoms with van der Waals surface area (Å²) in [6.07, 6.45) is 2.54. The second-order valence-electron chi connectivity index (χ2n) is 7.21. The highest BCUT2D eigenvalue weighted by Crippen LogP contribution is 2.27. The van der Waals surface area contributed by atoms with E-state index >= 15 is 0 Å². The molecule has 0 N–H and O–H groups in total. The van der Waals surface area contributed by atoms with Crippen molar-refractivity contribution < 1.29 is 13.2 Å². The van der Waals surface area contributed by atoms with Crippen molar-refractivity contribution in [3.63, 3.8) is 0 Å². The van der Waals surface area contributed by atoms with Crippen LogP contribution in [0.5, 0.6) is 0 Å². The highest BCUT2D eigenvalue weighted by molar-refractivity contribution is 7.89. The first-order valence-corrected chi connectivity index (χ1v) is 11.8. The van der Waals surface area contributed by atoms with E-state index in [1.807, 2.05) is 29.2 Å². The lowest BCUT2D eigenvalue weighted by Crippen LogP contribution is -2.37. The highest BCUT2D eigenvalue weighted by Gasteiger charge is 2.31. The normalized spacial score (nSPS) is 17.1. The second kappa shape index (κ2) is 9.28. The molecule has 1 saturated heterocycles. The van der Waals surface area contributed by atoms with Gasteiger partial charge in [-0.3, -0.25) is 4.79 Å². The van der Waals surface area contributed by atoms with Gasteiger partial charge in [-0.1, -0.05) is 49.7 Å². The van der Waals surface area contributed by atoms with Crippen molar-refractivity contribution in [2.45, 2.75) is 44.0 Å².